The highest BCUT2D eigenvalue weighted by atomic mass is 16.6. The average Bonchev–Trinajstić information content (AvgIpc) is 2.73. The SMILES string of the molecule is CC(C)(C)OC(=O)N1CC[C@@H](B(O)OC(C)(C)C(C)(C)O)C1. The van der Waals surface area contributed by atoms with E-state index < -0.39 is 23.9 Å². The lowest BCUT2D eigenvalue weighted by molar-refractivity contribution is -0.101. The molecule has 0 aromatic rings. The van der Waals surface area contributed by atoms with Crippen molar-refractivity contribution in [3.8, 4) is 0 Å². The minimum atomic E-state index is -1.09. The van der Waals surface area contributed by atoms with Gasteiger partial charge in [-0.05, 0) is 54.9 Å². The van der Waals surface area contributed by atoms with Crippen molar-refractivity contribution in [2.45, 2.75) is 77.5 Å². The van der Waals surface area contributed by atoms with Gasteiger partial charge < -0.3 is 24.4 Å². The second-order valence-corrected chi connectivity index (χ2v) is 8.05. The lowest BCUT2D eigenvalue weighted by Gasteiger charge is -2.39. The summed E-state index contributed by atoms with van der Waals surface area (Å²) in [5.74, 6) is -0.186. The van der Waals surface area contributed by atoms with Gasteiger partial charge in [0, 0.05) is 18.9 Å². The van der Waals surface area contributed by atoms with Crippen LogP contribution in [0.2, 0.25) is 5.82 Å². The smallest absolute Gasteiger partial charge is 0.444 e. The quantitative estimate of drug-likeness (QED) is 0.776. The molecule has 0 aliphatic carbocycles. The molecule has 128 valence electrons. The number of nitrogens with zero attached hydrogens (tertiary/aromatic N) is 1. The molecule has 1 heterocycles. The zero-order chi connectivity index (χ0) is 17.3. The lowest BCUT2D eigenvalue weighted by atomic mass is 9.70. The van der Waals surface area contributed by atoms with E-state index in [0.29, 0.717) is 19.5 Å². The Labute approximate surface area is 133 Å². The van der Waals surface area contributed by atoms with Gasteiger partial charge in [-0.15, -0.1) is 0 Å². The number of carbonyl (C=O) groups excluding carboxylic acids is 1. The number of likely N-dealkylation sites (tertiary alicyclic amines) is 1. The van der Waals surface area contributed by atoms with E-state index in [1.54, 1.807) is 32.6 Å². The molecule has 2 N–H and O–H groups in total. The largest absolute Gasteiger partial charge is 0.459 e. The lowest BCUT2D eigenvalue weighted by Crippen LogP contribution is -2.51. The van der Waals surface area contributed by atoms with Crippen molar-refractivity contribution in [1.82, 2.24) is 4.90 Å². The van der Waals surface area contributed by atoms with E-state index >= 15 is 0 Å². The summed E-state index contributed by atoms with van der Waals surface area (Å²) < 4.78 is 11.0. The molecule has 0 aromatic heterocycles. The molecule has 7 heteroatoms. The first-order valence-electron chi connectivity index (χ1n) is 7.79. The topological polar surface area (TPSA) is 79.2 Å². The molecule has 0 radical (unpaired) electrons. The van der Waals surface area contributed by atoms with E-state index in [0.717, 1.165) is 0 Å². The Balaban J connectivity index is 2.58. The number of hydrogen-bond donors (Lipinski definition) is 2. The van der Waals surface area contributed by atoms with Crippen LogP contribution in [0.15, 0.2) is 0 Å². The van der Waals surface area contributed by atoms with Gasteiger partial charge in [-0.1, -0.05) is 0 Å². The monoisotopic (exact) mass is 315 g/mol. The maximum absolute atomic E-state index is 12.0. The molecule has 22 heavy (non-hydrogen) atoms. The number of ether oxygens (including phenoxy) is 1. The van der Waals surface area contributed by atoms with Crippen LogP contribution in [0.25, 0.3) is 0 Å². The molecule has 6 nitrogen and oxygen atoms in total. The summed E-state index contributed by atoms with van der Waals surface area (Å²) >= 11 is 0. The molecule has 0 unspecified atom stereocenters. The molecule has 0 bridgehead atoms. The van der Waals surface area contributed by atoms with Gasteiger partial charge >= 0.3 is 13.2 Å². The molecule has 1 rings (SSSR count). The van der Waals surface area contributed by atoms with E-state index in [2.05, 4.69) is 0 Å². The number of amides is 1. The van der Waals surface area contributed by atoms with Gasteiger partial charge in [0.15, 0.2) is 0 Å². The van der Waals surface area contributed by atoms with Gasteiger partial charge in [-0.2, -0.15) is 0 Å². The molecule has 0 aromatic carbocycles. The molecule has 1 fully saturated rings. The first kappa shape index (κ1) is 19.3. The maximum atomic E-state index is 12.0. The van der Waals surface area contributed by atoms with Crippen molar-refractivity contribution in [3.05, 3.63) is 0 Å². The zero-order valence-corrected chi connectivity index (χ0v) is 14.8. The summed E-state index contributed by atoms with van der Waals surface area (Å²) in [6, 6.07) is 0. The van der Waals surface area contributed by atoms with Crippen LogP contribution in [0.3, 0.4) is 0 Å². The first-order valence-corrected chi connectivity index (χ1v) is 7.79. The normalized spacial score (nSPS) is 20.2. The fourth-order valence-electron chi connectivity index (χ4n) is 2.05. The van der Waals surface area contributed by atoms with Crippen molar-refractivity contribution in [2.75, 3.05) is 13.1 Å². The summed E-state index contributed by atoms with van der Waals surface area (Å²) in [6.07, 6.45) is 0.270. The summed E-state index contributed by atoms with van der Waals surface area (Å²) in [6.45, 7) is 13.1. The Kier molecular flexibility index (Phi) is 5.58. The van der Waals surface area contributed by atoms with Crippen LogP contribution in [-0.4, -0.2) is 58.1 Å². The van der Waals surface area contributed by atoms with Gasteiger partial charge in [-0.3, -0.25) is 0 Å². The van der Waals surface area contributed by atoms with Crippen LogP contribution in [-0.2, 0) is 9.39 Å². The van der Waals surface area contributed by atoms with Crippen molar-refractivity contribution in [3.63, 3.8) is 0 Å². The number of carbonyl (C=O) groups is 1. The Bertz CT molecular complexity index is 400. The van der Waals surface area contributed by atoms with Crippen molar-refractivity contribution >= 4 is 13.2 Å². The summed E-state index contributed by atoms with van der Waals surface area (Å²) in [5, 5.41) is 20.4. The van der Waals surface area contributed by atoms with Crippen LogP contribution >= 0.6 is 0 Å². The van der Waals surface area contributed by atoms with Crippen molar-refractivity contribution in [1.29, 1.82) is 0 Å². The minimum Gasteiger partial charge on any atom is -0.444 e. The highest BCUT2D eigenvalue weighted by molar-refractivity contribution is 6.45. The maximum Gasteiger partial charge on any atom is 0.459 e. The van der Waals surface area contributed by atoms with Gasteiger partial charge in [0.2, 0.25) is 0 Å². The third-order valence-corrected chi connectivity index (χ3v) is 4.17. The molecule has 1 saturated heterocycles. The molecule has 1 aliphatic rings. The summed E-state index contributed by atoms with van der Waals surface area (Å²) in [4.78, 5) is 13.6. The van der Waals surface area contributed by atoms with Gasteiger partial charge in [0.1, 0.15) is 5.60 Å². The van der Waals surface area contributed by atoms with Crippen LogP contribution in [0, 0.1) is 0 Å². The third kappa shape index (κ3) is 5.14. The van der Waals surface area contributed by atoms with E-state index in [1.807, 2.05) is 20.8 Å². The second kappa shape index (κ2) is 6.38. The molecule has 1 amide bonds. The molecule has 1 aliphatic heterocycles. The third-order valence-electron chi connectivity index (χ3n) is 4.17. The number of rotatable bonds is 4. The van der Waals surface area contributed by atoms with E-state index in [9.17, 15) is 14.9 Å². The number of aliphatic hydroxyl groups is 1. The second-order valence-electron chi connectivity index (χ2n) is 8.05. The highest BCUT2D eigenvalue weighted by Gasteiger charge is 2.44. The Morgan fingerprint density at radius 3 is 2.18 bits per heavy atom. The molecule has 0 saturated carbocycles. The summed E-state index contributed by atoms with van der Waals surface area (Å²) in [7, 11) is -1.03. The standard InChI is InChI=1S/C15H30BNO5/c1-13(2,3)21-12(18)17-9-8-11(10-17)16(20)22-15(6,7)14(4,5)19/h11,19-20H,8-10H2,1-7H3/t11-/m1/s1. The molecular weight excluding hydrogens is 285 g/mol. The fourth-order valence-corrected chi connectivity index (χ4v) is 2.05. The molecular formula is C15H30BNO5. The Morgan fingerprint density at radius 2 is 1.73 bits per heavy atom. The first-order chi connectivity index (χ1) is 9.73. The predicted octanol–water partition coefficient (Wildman–Crippen LogP) is 2.04. The van der Waals surface area contributed by atoms with Crippen LogP contribution in [0.4, 0.5) is 4.79 Å². The predicted molar refractivity (Wildman–Crippen MR) is 85.6 cm³/mol. The summed E-state index contributed by atoms with van der Waals surface area (Å²) in [5.41, 5.74) is -2.52. The highest BCUT2D eigenvalue weighted by Crippen LogP contribution is 2.31. The average molecular weight is 315 g/mol. The molecule has 0 spiro atoms. The van der Waals surface area contributed by atoms with E-state index in [4.69, 9.17) is 9.39 Å². The van der Waals surface area contributed by atoms with Gasteiger partial charge in [0.05, 0.1) is 11.2 Å². The Morgan fingerprint density at radius 1 is 1.18 bits per heavy atom. The van der Waals surface area contributed by atoms with E-state index in [-0.39, 0.29) is 11.9 Å². The van der Waals surface area contributed by atoms with Crippen molar-refractivity contribution < 1.29 is 24.3 Å². The van der Waals surface area contributed by atoms with Crippen molar-refractivity contribution in [2.24, 2.45) is 0 Å². The molecule has 1 atom stereocenters. The number of hydrogen-bond acceptors (Lipinski definition) is 5. The van der Waals surface area contributed by atoms with Crippen LogP contribution in [0.5, 0.6) is 0 Å². The fraction of sp³-hybridized carbons (Fsp3) is 0.933. The minimum absolute atomic E-state index is 0.186. The Hall–Kier alpha value is -0.785. The van der Waals surface area contributed by atoms with Gasteiger partial charge in [0.25, 0.3) is 0 Å². The van der Waals surface area contributed by atoms with Gasteiger partial charge in [-0.25, -0.2) is 4.79 Å². The van der Waals surface area contributed by atoms with Crippen LogP contribution in [0.1, 0.15) is 54.9 Å². The zero-order valence-electron chi connectivity index (χ0n) is 14.8. The van der Waals surface area contributed by atoms with E-state index in [1.165, 1.54) is 0 Å². The van der Waals surface area contributed by atoms with Crippen LogP contribution < -0.4 is 0 Å².